The fourth-order valence-electron chi connectivity index (χ4n) is 1.81. The first-order valence-electron chi connectivity index (χ1n) is 5.99. The van der Waals surface area contributed by atoms with Crippen LogP contribution in [0.25, 0.3) is 0 Å². The van der Waals surface area contributed by atoms with E-state index in [1.165, 1.54) is 12.8 Å². The molecule has 0 aliphatic heterocycles. The zero-order chi connectivity index (χ0) is 12.1. The molecule has 0 saturated heterocycles. The standard InChI is InChI=1S/C11H22N4S/c1-5-7-9(3)14(4)10-12-13-11(16)15(10)8-6-2/h9H,5-8H2,1-4H3,(H,13,16). The number of hydrogen-bond acceptors (Lipinski definition) is 3. The number of nitrogens with zero attached hydrogens (tertiary/aromatic N) is 3. The van der Waals surface area contributed by atoms with Crippen LogP contribution in [0.2, 0.25) is 0 Å². The molecule has 1 heterocycles. The fourth-order valence-corrected chi connectivity index (χ4v) is 2.03. The van der Waals surface area contributed by atoms with Crippen molar-refractivity contribution in [2.75, 3.05) is 11.9 Å². The van der Waals surface area contributed by atoms with Crippen molar-refractivity contribution in [1.82, 2.24) is 14.8 Å². The minimum absolute atomic E-state index is 0.491. The third-order valence-electron chi connectivity index (χ3n) is 2.87. The molecule has 0 aromatic carbocycles. The Morgan fingerprint density at radius 1 is 1.44 bits per heavy atom. The van der Waals surface area contributed by atoms with Crippen LogP contribution in [-0.4, -0.2) is 27.9 Å². The van der Waals surface area contributed by atoms with Gasteiger partial charge in [0.05, 0.1) is 0 Å². The molecule has 0 fully saturated rings. The van der Waals surface area contributed by atoms with Gasteiger partial charge in [-0.1, -0.05) is 20.3 Å². The van der Waals surface area contributed by atoms with Gasteiger partial charge in [0.1, 0.15) is 0 Å². The van der Waals surface area contributed by atoms with Gasteiger partial charge < -0.3 is 4.90 Å². The number of anilines is 1. The number of H-pyrrole nitrogens is 1. The van der Waals surface area contributed by atoms with Crippen molar-refractivity contribution in [2.45, 2.75) is 52.6 Å². The molecule has 1 rings (SSSR count). The maximum atomic E-state index is 5.23. The van der Waals surface area contributed by atoms with E-state index in [2.05, 4.69) is 47.5 Å². The van der Waals surface area contributed by atoms with Crippen molar-refractivity contribution in [3.63, 3.8) is 0 Å². The molecule has 92 valence electrons. The quantitative estimate of drug-likeness (QED) is 0.779. The lowest BCUT2D eigenvalue weighted by atomic mass is 10.2. The number of aromatic amines is 1. The number of hydrogen-bond donors (Lipinski definition) is 1. The van der Waals surface area contributed by atoms with E-state index in [0.717, 1.165) is 18.9 Å². The summed E-state index contributed by atoms with van der Waals surface area (Å²) >= 11 is 5.23. The molecule has 0 saturated carbocycles. The topological polar surface area (TPSA) is 36.9 Å². The minimum Gasteiger partial charge on any atom is -0.341 e. The van der Waals surface area contributed by atoms with E-state index in [-0.39, 0.29) is 0 Å². The van der Waals surface area contributed by atoms with Crippen LogP contribution in [0.4, 0.5) is 5.95 Å². The van der Waals surface area contributed by atoms with E-state index < -0.39 is 0 Å². The van der Waals surface area contributed by atoms with Crippen molar-refractivity contribution in [3.05, 3.63) is 4.77 Å². The van der Waals surface area contributed by atoms with Gasteiger partial charge >= 0.3 is 0 Å². The maximum Gasteiger partial charge on any atom is 0.225 e. The molecule has 0 radical (unpaired) electrons. The molecule has 4 nitrogen and oxygen atoms in total. The van der Waals surface area contributed by atoms with Crippen LogP contribution in [0.15, 0.2) is 0 Å². The molecule has 0 amide bonds. The molecule has 0 spiro atoms. The molecule has 1 aromatic heterocycles. The van der Waals surface area contributed by atoms with E-state index in [1.807, 2.05) is 0 Å². The smallest absolute Gasteiger partial charge is 0.225 e. The molecule has 1 unspecified atom stereocenters. The van der Waals surface area contributed by atoms with Gasteiger partial charge in [-0.25, -0.2) is 5.10 Å². The summed E-state index contributed by atoms with van der Waals surface area (Å²) in [5, 5.41) is 7.18. The predicted octanol–water partition coefficient (Wildman–Crippen LogP) is 2.98. The van der Waals surface area contributed by atoms with Crippen molar-refractivity contribution < 1.29 is 0 Å². The van der Waals surface area contributed by atoms with Crippen LogP contribution < -0.4 is 4.90 Å². The molecule has 1 N–H and O–H groups in total. The first kappa shape index (κ1) is 13.2. The van der Waals surface area contributed by atoms with E-state index in [0.29, 0.717) is 10.8 Å². The fraction of sp³-hybridized carbons (Fsp3) is 0.818. The highest BCUT2D eigenvalue weighted by molar-refractivity contribution is 7.71. The summed E-state index contributed by atoms with van der Waals surface area (Å²) in [6.07, 6.45) is 3.42. The predicted molar refractivity (Wildman–Crippen MR) is 70.5 cm³/mol. The van der Waals surface area contributed by atoms with Crippen LogP contribution in [-0.2, 0) is 6.54 Å². The zero-order valence-corrected chi connectivity index (χ0v) is 11.5. The van der Waals surface area contributed by atoms with Crippen molar-refractivity contribution in [2.24, 2.45) is 0 Å². The Labute approximate surface area is 103 Å². The Bertz CT molecular complexity index is 368. The van der Waals surface area contributed by atoms with Crippen molar-refractivity contribution in [1.29, 1.82) is 0 Å². The molecule has 16 heavy (non-hydrogen) atoms. The maximum absolute atomic E-state index is 5.23. The molecule has 0 aliphatic rings. The number of nitrogens with one attached hydrogen (secondary N) is 1. The Hall–Kier alpha value is -0.840. The molecular weight excluding hydrogens is 220 g/mol. The first-order valence-corrected chi connectivity index (χ1v) is 6.40. The Morgan fingerprint density at radius 2 is 2.12 bits per heavy atom. The molecular formula is C11H22N4S. The lowest BCUT2D eigenvalue weighted by molar-refractivity contribution is 0.579. The van der Waals surface area contributed by atoms with E-state index in [1.54, 1.807) is 0 Å². The largest absolute Gasteiger partial charge is 0.341 e. The van der Waals surface area contributed by atoms with E-state index >= 15 is 0 Å². The van der Waals surface area contributed by atoms with Gasteiger partial charge in [0, 0.05) is 19.6 Å². The van der Waals surface area contributed by atoms with E-state index in [4.69, 9.17) is 12.2 Å². The highest BCUT2D eigenvalue weighted by Gasteiger charge is 2.15. The number of aromatic nitrogens is 3. The average molecular weight is 242 g/mol. The summed E-state index contributed by atoms with van der Waals surface area (Å²) in [4.78, 5) is 2.20. The van der Waals surface area contributed by atoms with Crippen LogP contribution in [0.1, 0.15) is 40.0 Å². The summed E-state index contributed by atoms with van der Waals surface area (Å²) in [5.74, 6) is 0.952. The van der Waals surface area contributed by atoms with Crippen molar-refractivity contribution in [3.8, 4) is 0 Å². The van der Waals surface area contributed by atoms with Crippen LogP contribution >= 0.6 is 12.2 Å². The van der Waals surface area contributed by atoms with Crippen molar-refractivity contribution >= 4 is 18.2 Å². The van der Waals surface area contributed by atoms with Gasteiger partial charge in [0.2, 0.25) is 5.95 Å². The summed E-state index contributed by atoms with van der Waals surface area (Å²) in [7, 11) is 2.08. The molecule has 1 atom stereocenters. The third-order valence-corrected chi connectivity index (χ3v) is 3.18. The third kappa shape index (κ3) is 2.84. The Balaban J connectivity index is 2.90. The van der Waals surface area contributed by atoms with Gasteiger partial charge in [-0.2, -0.15) is 0 Å². The lowest BCUT2D eigenvalue weighted by Crippen LogP contribution is -2.31. The second-order valence-electron chi connectivity index (χ2n) is 4.23. The van der Waals surface area contributed by atoms with Crippen LogP contribution in [0.3, 0.4) is 0 Å². The summed E-state index contributed by atoms with van der Waals surface area (Å²) in [5.41, 5.74) is 0. The molecule has 1 aromatic rings. The summed E-state index contributed by atoms with van der Waals surface area (Å²) in [6.45, 7) is 7.49. The second kappa shape index (κ2) is 6.03. The van der Waals surface area contributed by atoms with Crippen LogP contribution in [0.5, 0.6) is 0 Å². The summed E-state index contributed by atoms with van der Waals surface area (Å²) in [6, 6.07) is 0.491. The van der Waals surface area contributed by atoms with Gasteiger partial charge in [0.25, 0.3) is 0 Å². The minimum atomic E-state index is 0.491. The summed E-state index contributed by atoms with van der Waals surface area (Å²) < 4.78 is 2.79. The van der Waals surface area contributed by atoms with E-state index in [9.17, 15) is 0 Å². The number of rotatable bonds is 6. The highest BCUT2D eigenvalue weighted by atomic mass is 32.1. The lowest BCUT2D eigenvalue weighted by Gasteiger charge is -2.25. The highest BCUT2D eigenvalue weighted by Crippen LogP contribution is 2.15. The monoisotopic (exact) mass is 242 g/mol. The zero-order valence-electron chi connectivity index (χ0n) is 10.7. The second-order valence-corrected chi connectivity index (χ2v) is 4.62. The van der Waals surface area contributed by atoms with Gasteiger partial charge in [0.15, 0.2) is 4.77 Å². The van der Waals surface area contributed by atoms with Gasteiger partial charge in [-0.05, 0) is 32.0 Å². The Morgan fingerprint density at radius 3 is 2.69 bits per heavy atom. The average Bonchev–Trinajstić information content (AvgIpc) is 2.61. The normalized spacial score (nSPS) is 12.8. The molecule has 0 aliphatic carbocycles. The molecule has 5 heteroatoms. The van der Waals surface area contributed by atoms with Gasteiger partial charge in [-0.15, -0.1) is 5.10 Å². The Kier molecular flexibility index (Phi) is 4.99. The van der Waals surface area contributed by atoms with Gasteiger partial charge in [-0.3, -0.25) is 4.57 Å². The SMILES string of the molecule is CCCC(C)N(C)c1n[nH]c(=S)n1CCC. The van der Waals surface area contributed by atoms with Crippen LogP contribution in [0, 0.1) is 4.77 Å². The first-order chi connectivity index (χ1) is 7.61. The molecule has 0 bridgehead atoms.